The molecule has 8 heteroatoms. The highest BCUT2D eigenvalue weighted by molar-refractivity contribution is 9.10. The van der Waals surface area contributed by atoms with Crippen molar-refractivity contribution in [2.75, 3.05) is 10.7 Å². The molecule has 1 heterocycles. The number of halogens is 3. The number of pyridine rings is 1. The number of hydrogen-bond acceptors (Lipinski definition) is 4. The van der Waals surface area contributed by atoms with Crippen molar-refractivity contribution in [1.29, 1.82) is 0 Å². The smallest absolute Gasteiger partial charge is 0.275 e. The van der Waals surface area contributed by atoms with Crippen molar-refractivity contribution in [2.45, 2.75) is 0 Å². The fourth-order valence-corrected chi connectivity index (χ4v) is 2.19. The van der Waals surface area contributed by atoms with E-state index in [2.05, 4.69) is 31.7 Å². The molecule has 0 bridgehead atoms. The normalized spacial score (nSPS) is 10.2. The minimum absolute atomic E-state index is 0.0639. The van der Waals surface area contributed by atoms with Crippen LogP contribution in [0.2, 0.25) is 10.0 Å². The maximum Gasteiger partial charge on any atom is 0.275 e. The van der Waals surface area contributed by atoms with Crippen LogP contribution in [0.1, 0.15) is 10.5 Å². The van der Waals surface area contributed by atoms with Crippen LogP contribution in [-0.4, -0.2) is 10.9 Å². The van der Waals surface area contributed by atoms with Gasteiger partial charge in [-0.15, -0.1) is 0 Å². The Morgan fingerprint density at radius 2 is 1.95 bits per heavy atom. The third kappa shape index (κ3) is 3.21. The number of nitrogens with zero attached hydrogens (tertiary/aromatic N) is 1. The van der Waals surface area contributed by atoms with E-state index in [0.29, 0.717) is 21.0 Å². The van der Waals surface area contributed by atoms with Gasteiger partial charge in [0.25, 0.3) is 5.91 Å². The van der Waals surface area contributed by atoms with Crippen LogP contribution < -0.4 is 16.6 Å². The summed E-state index contributed by atoms with van der Waals surface area (Å²) in [6.45, 7) is 0. The number of aromatic nitrogens is 1. The minimum atomic E-state index is -0.463. The summed E-state index contributed by atoms with van der Waals surface area (Å²) < 4.78 is 0.583. The summed E-state index contributed by atoms with van der Waals surface area (Å²) in [5, 5.41) is 3.38. The number of nitrogen functional groups attached to an aromatic ring is 1. The van der Waals surface area contributed by atoms with E-state index in [4.69, 9.17) is 29.0 Å². The Morgan fingerprint density at radius 3 is 2.65 bits per heavy atom. The molecule has 104 valence electrons. The molecule has 0 aliphatic heterocycles. The van der Waals surface area contributed by atoms with Gasteiger partial charge in [0, 0.05) is 0 Å². The number of carbonyl (C=O) groups is 1. The molecule has 5 nitrogen and oxygen atoms in total. The number of rotatable bonds is 3. The second-order valence-electron chi connectivity index (χ2n) is 3.73. The molecular weight excluding hydrogens is 367 g/mol. The van der Waals surface area contributed by atoms with Crippen LogP contribution in [0.4, 0.5) is 11.5 Å². The number of hydrogen-bond donors (Lipinski definition) is 3. The zero-order valence-electron chi connectivity index (χ0n) is 9.95. The number of carbonyl (C=O) groups excluding carboxylic acids is 1. The van der Waals surface area contributed by atoms with Crippen LogP contribution in [0.25, 0.3) is 0 Å². The van der Waals surface area contributed by atoms with Gasteiger partial charge in [0.15, 0.2) is 0 Å². The van der Waals surface area contributed by atoms with Gasteiger partial charge >= 0.3 is 0 Å². The van der Waals surface area contributed by atoms with Crippen LogP contribution in [0.5, 0.6) is 0 Å². The van der Waals surface area contributed by atoms with Crippen LogP contribution in [-0.2, 0) is 0 Å². The first-order chi connectivity index (χ1) is 9.52. The van der Waals surface area contributed by atoms with E-state index in [1.165, 1.54) is 6.07 Å². The van der Waals surface area contributed by atoms with E-state index in [1.807, 2.05) is 0 Å². The lowest BCUT2D eigenvalue weighted by Gasteiger charge is -2.09. The summed E-state index contributed by atoms with van der Waals surface area (Å²) in [5.74, 6) is 5.13. The maximum atomic E-state index is 12.2. The molecule has 2 rings (SSSR count). The molecule has 0 aliphatic rings. The predicted molar refractivity (Wildman–Crippen MR) is 84.2 cm³/mol. The Balaban J connectivity index is 2.30. The third-order valence-electron chi connectivity index (χ3n) is 2.41. The molecule has 4 N–H and O–H groups in total. The fraction of sp³-hybridized carbons (Fsp3) is 0. The Bertz CT molecular complexity index is 666. The molecule has 0 aliphatic carbocycles. The standard InChI is InChI=1S/C12H9BrCl2N4O/c13-10-6(14)2-1-3-8(10)17-12(20)11-7(15)4-5-9(18-11)19-16/h1-5H,16H2,(H,17,20)(H,18,19). The average Bonchev–Trinajstić information content (AvgIpc) is 2.44. The molecule has 0 saturated carbocycles. The summed E-state index contributed by atoms with van der Waals surface area (Å²) in [6, 6.07) is 8.22. The van der Waals surface area contributed by atoms with Crippen LogP contribution >= 0.6 is 39.1 Å². The fourth-order valence-electron chi connectivity index (χ4n) is 1.46. The molecule has 0 atom stereocenters. The molecule has 0 saturated heterocycles. The van der Waals surface area contributed by atoms with E-state index in [1.54, 1.807) is 24.3 Å². The van der Waals surface area contributed by atoms with E-state index < -0.39 is 5.91 Å². The number of anilines is 2. The molecule has 1 amide bonds. The third-order valence-corrected chi connectivity index (χ3v) is 4.11. The topological polar surface area (TPSA) is 80.0 Å². The van der Waals surface area contributed by atoms with Gasteiger partial charge < -0.3 is 10.7 Å². The monoisotopic (exact) mass is 374 g/mol. The minimum Gasteiger partial charge on any atom is -0.320 e. The van der Waals surface area contributed by atoms with Gasteiger partial charge in [0.05, 0.1) is 20.2 Å². The van der Waals surface area contributed by atoms with Gasteiger partial charge in [-0.05, 0) is 40.2 Å². The van der Waals surface area contributed by atoms with Gasteiger partial charge in [-0.1, -0.05) is 29.3 Å². The molecule has 0 spiro atoms. The first-order valence-electron chi connectivity index (χ1n) is 5.41. The molecule has 0 fully saturated rings. The lowest BCUT2D eigenvalue weighted by atomic mass is 10.3. The zero-order valence-corrected chi connectivity index (χ0v) is 13.1. The molecule has 1 aromatic heterocycles. The Kier molecular flexibility index (Phi) is 4.82. The van der Waals surface area contributed by atoms with Gasteiger partial charge in [0.2, 0.25) is 0 Å². The average molecular weight is 376 g/mol. The molecular formula is C12H9BrCl2N4O. The van der Waals surface area contributed by atoms with Crippen LogP contribution in [0.3, 0.4) is 0 Å². The van der Waals surface area contributed by atoms with Gasteiger partial charge in [-0.2, -0.15) is 0 Å². The maximum absolute atomic E-state index is 12.2. The van der Waals surface area contributed by atoms with E-state index in [-0.39, 0.29) is 10.7 Å². The second-order valence-corrected chi connectivity index (χ2v) is 5.33. The van der Waals surface area contributed by atoms with Crippen molar-refractivity contribution >= 4 is 56.5 Å². The lowest BCUT2D eigenvalue weighted by molar-refractivity contribution is 0.102. The summed E-state index contributed by atoms with van der Waals surface area (Å²) >= 11 is 15.2. The molecule has 2 aromatic rings. The number of hydrazine groups is 1. The van der Waals surface area contributed by atoms with Crippen LogP contribution in [0.15, 0.2) is 34.8 Å². The number of nitrogens with one attached hydrogen (secondary N) is 2. The number of benzene rings is 1. The number of amides is 1. The lowest BCUT2D eigenvalue weighted by Crippen LogP contribution is -2.17. The zero-order chi connectivity index (χ0) is 14.7. The van der Waals surface area contributed by atoms with E-state index >= 15 is 0 Å². The van der Waals surface area contributed by atoms with Crippen molar-refractivity contribution in [3.8, 4) is 0 Å². The van der Waals surface area contributed by atoms with Gasteiger partial charge in [-0.25, -0.2) is 10.8 Å². The first-order valence-corrected chi connectivity index (χ1v) is 6.96. The van der Waals surface area contributed by atoms with E-state index in [9.17, 15) is 4.79 Å². The summed E-state index contributed by atoms with van der Waals surface area (Å²) in [7, 11) is 0. The quantitative estimate of drug-likeness (QED) is 0.564. The van der Waals surface area contributed by atoms with Crippen molar-refractivity contribution in [3.05, 3.63) is 50.5 Å². The second kappa shape index (κ2) is 6.41. The molecule has 20 heavy (non-hydrogen) atoms. The highest BCUT2D eigenvalue weighted by Gasteiger charge is 2.15. The van der Waals surface area contributed by atoms with E-state index in [0.717, 1.165) is 0 Å². The SMILES string of the molecule is NNc1ccc(Cl)c(C(=O)Nc2cccc(Cl)c2Br)n1. The van der Waals surface area contributed by atoms with Crippen LogP contribution in [0, 0.1) is 0 Å². The van der Waals surface area contributed by atoms with Crippen molar-refractivity contribution in [3.63, 3.8) is 0 Å². The Hall–Kier alpha value is -1.34. The Labute approximate surface area is 133 Å². The van der Waals surface area contributed by atoms with Crippen molar-refractivity contribution in [2.24, 2.45) is 5.84 Å². The summed E-state index contributed by atoms with van der Waals surface area (Å²) in [6.07, 6.45) is 0. The van der Waals surface area contributed by atoms with Gasteiger partial charge in [0.1, 0.15) is 11.5 Å². The Morgan fingerprint density at radius 1 is 1.20 bits per heavy atom. The highest BCUT2D eigenvalue weighted by atomic mass is 79.9. The predicted octanol–water partition coefficient (Wildman–Crippen LogP) is 3.69. The largest absolute Gasteiger partial charge is 0.320 e. The summed E-state index contributed by atoms with van der Waals surface area (Å²) in [5.41, 5.74) is 2.94. The molecule has 1 aromatic carbocycles. The van der Waals surface area contributed by atoms with Gasteiger partial charge in [-0.3, -0.25) is 4.79 Å². The highest BCUT2D eigenvalue weighted by Crippen LogP contribution is 2.30. The van der Waals surface area contributed by atoms with Crippen molar-refractivity contribution < 1.29 is 4.79 Å². The number of nitrogens with two attached hydrogens (primary N) is 1. The first kappa shape index (κ1) is 15.1. The molecule has 0 unspecified atom stereocenters. The van der Waals surface area contributed by atoms with Crippen molar-refractivity contribution in [1.82, 2.24) is 4.98 Å². The summed E-state index contributed by atoms with van der Waals surface area (Å²) in [4.78, 5) is 16.2. The molecule has 0 radical (unpaired) electrons.